The Morgan fingerprint density at radius 3 is 2.79 bits per heavy atom. The molecular formula is C15H24N4. The summed E-state index contributed by atoms with van der Waals surface area (Å²) in [6, 6.07) is 2.68. The van der Waals surface area contributed by atoms with E-state index in [1.165, 1.54) is 38.8 Å². The summed E-state index contributed by atoms with van der Waals surface area (Å²) < 4.78 is 0. The van der Waals surface area contributed by atoms with Crippen molar-refractivity contribution in [3.05, 3.63) is 17.8 Å². The summed E-state index contributed by atoms with van der Waals surface area (Å²) in [4.78, 5) is 9.51. The molecule has 0 saturated carbocycles. The molecule has 0 spiro atoms. The lowest BCUT2D eigenvalue weighted by atomic mass is 10.1. The monoisotopic (exact) mass is 260 g/mol. The van der Waals surface area contributed by atoms with Crippen LogP contribution in [0.1, 0.15) is 31.2 Å². The van der Waals surface area contributed by atoms with Gasteiger partial charge in [-0.05, 0) is 50.9 Å². The van der Waals surface area contributed by atoms with Gasteiger partial charge in [0.1, 0.15) is 0 Å². The standard InChI is InChI=1S/C15H24N4/c1-12-5-7-17-15(14(12)16)19-10-6-13(11-19)18-8-3-2-4-9-18/h5,7,13H,2-4,6,8-11,16H2,1H3. The Kier molecular flexibility index (Phi) is 3.60. The second-order valence-corrected chi connectivity index (χ2v) is 5.85. The number of aryl methyl sites for hydroxylation is 1. The molecule has 1 aromatic rings. The van der Waals surface area contributed by atoms with Gasteiger partial charge in [-0.15, -0.1) is 0 Å². The Morgan fingerprint density at radius 1 is 1.21 bits per heavy atom. The van der Waals surface area contributed by atoms with Gasteiger partial charge in [-0.3, -0.25) is 4.90 Å². The number of aromatic nitrogens is 1. The Balaban J connectivity index is 1.69. The molecule has 19 heavy (non-hydrogen) atoms. The van der Waals surface area contributed by atoms with Crippen LogP contribution in [0.4, 0.5) is 11.5 Å². The van der Waals surface area contributed by atoms with Crippen LogP contribution in [0.3, 0.4) is 0 Å². The van der Waals surface area contributed by atoms with Crippen molar-refractivity contribution in [1.82, 2.24) is 9.88 Å². The van der Waals surface area contributed by atoms with E-state index in [9.17, 15) is 0 Å². The lowest BCUT2D eigenvalue weighted by Crippen LogP contribution is -2.41. The first-order valence-corrected chi connectivity index (χ1v) is 7.46. The van der Waals surface area contributed by atoms with E-state index >= 15 is 0 Å². The predicted molar refractivity (Wildman–Crippen MR) is 79.4 cm³/mol. The van der Waals surface area contributed by atoms with E-state index in [4.69, 9.17) is 5.73 Å². The highest BCUT2D eigenvalue weighted by Gasteiger charge is 2.29. The molecule has 4 heteroatoms. The van der Waals surface area contributed by atoms with E-state index in [0.29, 0.717) is 6.04 Å². The molecule has 0 radical (unpaired) electrons. The molecule has 2 aliphatic heterocycles. The second-order valence-electron chi connectivity index (χ2n) is 5.85. The van der Waals surface area contributed by atoms with Crippen LogP contribution >= 0.6 is 0 Å². The van der Waals surface area contributed by atoms with Crippen LogP contribution in [0.25, 0.3) is 0 Å². The largest absolute Gasteiger partial charge is 0.396 e. The summed E-state index contributed by atoms with van der Waals surface area (Å²) >= 11 is 0. The summed E-state index contributed by atoms with van der Waals surface area (Å²) in [5.74, 6) is 0.986. The van der Waals surface area contributed by atoms with Crippen LogP contribution in [-0.4, -0.2) is 42.1 Å². The molecule has 2 saturated heterocycles. The predicted octanol–water partition coefficient (Wildman–Crippen LogP) is 2.04. The fourth-order valence-electron chi connectivity index (χ4n) is 3.32. The van der Waals surface area contributed by atoms with Gasteiger partial charge in [-0.2, -0.15) is 0 Å². The van der Waals surface area contributed by atoms with Crippen LogP contribution in [0.5, 0.6) is 0 Å². The van der Waals surface area contributed by atoms with Crippen LogP contribution in [-0.2, 0) is 0 Å². The van der Waals surface area contributed by atoms with E-state index < -0.39 is 0 Å². The molecule has 0 aromatic carbocycles. The van der Waals surface area contributed by atoms with Gasteiger partial charge < -0.3 is 10.6 Å². The minimum absolute atomic E-state index is 0.696. The van der Waals surface area contributed by atoms with Crippen LogP contribution in [0.2, 0.25) is 0 Å². The van der Waals surface area contributed by atoms with Gasteiger partial charge in [0.05, 0.1) is 5.69 Å². The average Bonchev–Trinajstić information content (AvgIpc) is 2.92. The number of piperidine rings is 1. The van der Waals surface area contributed by atoms with Gasteiger partial charge >= 0.3 is 0 Å². The molecular weight excluding hydrogens is 236 g/mol. The van der Waals surface area contributed by atoms with Crippen molar-refractivity contribution in [3.8, 4) is 0 Å². The third-order valence-electron chi connectivity index (χ3n) is 4.56. The summed E-state index contributed by atoms with van der Waals surface area (Å²) in [5, 5.41) is 0. The number of nitrogens with zero attached hydrogens (tertiary/aromatic N) is 3. The number of hydrogen-bond acceptors (Lipinski definition) is 4. The van der Waals surface area contributed by atoms with E-state index in [2.05, 4.69) is 21.7 Å². The van der Waals surface area contributed by atoms with E-state index in [1.54, 1.807) is 0 Å². The molecule has 1 atom stereocenters. The number of rotatable bonds is 2. The zero-order valence-corrected chi connectivity index (χ0v) is 11.8. The lowest BCUT2D eigenvalue weighted by molar-refractivity contribution is 0.175. The summed E-state index contributed by atoms with van der Waals surface area (Å²) in [5.41, 5.74) is 8.15. The molecule has 1 unspecified atom stereocenters. The van der Waals surface area contributed by atoms with Crippen molar-refractivity contribution in [2.75, 3.05) is 36.8 Å². The first-order valence-electron chi connectivity index (χ1n) is 7.46. The number of nitrogens with two attached hydrogens (primary N) is 1. The Morgan fingerprint density at radius 2 is 2.00 bits per heavy atom. The summed E-state index contributed by atoms with van der Waals surface area (Å²) in [6.07, 6.45) is 7.24. The van der Waals surface area contributed by atoms with Gasteiger partial charge in [0.15, 0.2) is 5.82 Å². The van der Waals surface area contributed by atoms with Gasteiger partial charge in [-0.25, -0.2) is 4.98 Å². The highest BCUT2D eigenvalue weighted by molar-refractivity contribution is 5.66. The highest BCUT2D eigenvalue weighted by Crippen LogP contribution is 2.28. The summed E-state index contributed by atoms with van der Waals surface area (Å²) in [6.45, 7) is 6.77. The fourth-order valence-corrected chi connectivity index (χ4v) is 3.32. The second kappa shape index (κ2) is 5.37. The van der Waals surface area contributed by atoms with E-state index in [1.807, 2.05) is 12.3 Å². The number of likely N-dealkylation sites (tertiary alicyclic amines) is 1. The topological polar surface area (TPSA) is 45.4 Å². The lowest BCUT2D eigenvalue weighted by Gasteiger charge is -2.32. The third kappa shape index (κ3) is 2.54. The van der Waals surface area contributed by atoms with Crippen molar-refractivity contribution >= 4 is 11.5 Å². The SMILES string of the molecule is Cc1ccnc(N2CCC(N3CCCCC3)C2)c1N. The zero-order valence-electron chi connectivity index (χ0n) is 11.8. The van der Waals surface area contributed by atoms with Gasteiger partial charge in [0.2, 0.25) is 0 Å². The number of nitrogen functional groups attached to an aromatic ring is 1. The van der Waals surface area contributed by atoms with Crippen LogP contribution < -0.4 is 10.6 Å². The van der Waals surface area contributed by atoms with Crippen molar-refractivity contribution in [2.45, 2.75) is 38.6 Å². The molecule has 4 nitrogen and oxygen atoms in total. The van der Waals surface area contributed by atoms with Gasteiger partial charge in [-0.1, -0.05) is 6.42 Å². The molecule has 0 aliphatic carbocycles. The molecule has 2 aliphatic rings. The summed E-state index contributed by atoms with van der Waals surface area (Å²) in [7, 11) is 0. The van der Waals surface area contributed by atoms with Crippen LogP contribution in [0.15, 0.2) is 12.3 Å². The smallest absolute Gasteiger partial charge is 0.152 e. The molecule has 1 aromatic heterocycles. The Hall–Kier alpha value is -1.29. The first-order chi connectivity index (χ1) is 9.25. The molecule has 2 fully saturated rings. The van der Waals surface area contributed by atoms with E-state index in [-0.39, 0.29) is 0 Å². The molecule has 3 rings (SSSR count). The molecule has 104 valence electrons. The maximum absolute atomic E-state index is 6.17. The number of hydrogen-bond donors (Lipinski definition) is 1. The third-order valence-corrected chi connectivity index (χ3v) is 4.56. The van der Waals surface area contributed by atoms with E-state index in [0.717, 1.165) is 30.2 Å². The maximum atomic E-state index is 6.17. The Labute approximate surface area is 115 Å². The maximum Gasteiger partial charge on any atom is 0.152 e. The van der Waals surface area contributed by atoms with Crippen LogP contribution in [0, 0.1) is 6.92 Å². The zero-order chi connectivity index (χ0) is 13.2. The first kappa shape index (κ1) is 12.7. The number of pyridine rings is 1. The van der Waals surface area contributed by atoms with Gasteiger partial charge in [0.25, 0.3) is 0 Å². The van der Waals surface area contributed by atoms with Crippen molar-refractivity contribution < 1.29 is 0 Å². The molecule has 2 N–H and O–H groups in total. The quantitative estimate of drug-likeness (QED) is 0.884. The van der Waals surface area contributed by atoms with Gasteiger partial charge in [0, 0.05) is 25.3 Å². The normalized spacial score (nSPS) is 24.9. The Bertz CT molecular complexity index is 440. The highest BCUT2D eigenvalue weighted by atomic mass is 15.3. The molecule has 3 heterocycles. The minimum Gasteiger partial charge on any atom is -0.396 e. The minimum atomic E-state index is 0.696. The molecule has 0 bridgehead atoms. The van der Waals surface area contributed by atoms with Crippen molar-refractivity contribution in [3.63, 3.8) is 0 Å². The van der Waals surface area contributed by atoms with Crippen molar-refractivity contribution in [1.29, 1.82) is 0 Å². The fraction of sp³-hybridized carbons (Fsp3) is 0.667. The average molecular weight is 260 g/mol. The van der Waals surface area contributed by atoms with Crippen molar-refractivity contribution in [2.24, 2.45) is 0 Å². The number of anilines is 2. The molecule has 0 amide bonds.